The summed E-state index contributed by atoms with van der Waals surface area (Å²) in [5.41, 5.74) is 0.441. The maximum absolute atomic E-state index is 12.6. The van der Waals surface area contributed by atoms with Gasteiger partial charge in [-0.25, -0.2) is 4.39 Å². The van der Waals surface area contributed by atoms with E-state index in [0.717, 1.165) is 6.20 Å². The molecule has 0 aliphatic heterocycles. The normalized spacial score (nSPS) is 10.6. The SMILES string of the molecule is O=[N+]([O-])C=Cc1cc(F)ccc1Br. The highest BCUT2D eigenvalue weighted by Crippen LogP contribution is 2.18. The molecule has 0 unspecified atom stereocenters. The van der Waals surface area contributed by atoms with E-state index in [2.05, 4.69) is 15.9 Å². The topological polar surface area (TPSA) is 43.1 Å². The fraction of sp³-hybridized carbons (Fsp3) is 0. The molecule has 0 spiro atoms. The molecule has 0 amide bonds. The molecule has 68 valence electrons. The van der Waals surface area contributed by atoms with Crippen LogP contribution in [0.4, 0.5) is 4.39 Å². The first-order valence-electron chi connectivity index (χ1n) is 3.36. The molecule has 0 bridgehead atoms. The van der Waals surface area contributed by atoms with E-state index >= 15 is 0 Å². The molecule has 0 heterocycles. The molecule has 0 saturated carbocycles. The molecule has 5 heteroatoms. The number of hydrogen-bond donors (Lipinski definition) is 0. The lowest BCUT2D eigenvalue weighted by molar-refractivity contribution is -0.400. The van der Waals surface area contributed by atoms with Gasteiger partial charge in [-0.1, -0.05) is 15.9 Å². The fourth-order valence-electron chi connectivity index (χ4n) is 0.783. The minimum atomic E-state index is -0.600. The first kappa shape index (κ1) is 9.85. The third-order valence-corrected chi connectivity index (χ3v) is 2.06. The Balaban J connectivity index is 3.00. The van der Waals surface area contributed by atoms with Crippen molar-refractivity contribution in [3.05, 3.63) is 50.4 Å². The summed E-state index contributed by atoms with van der Waals surface area (Å²) in [6.07, 6.45) is 1.99. The summed E-state index contributed by atoms with van der Waals surface area (Å²) in [6, 6.07) is 3.98. The number of nitrogens with zero attached hydrogens (tertiary/aromatic N) is 1. The van der Waals surface area contributed by atoms with Crippen molar-refractivity contribution < 1.29 is 9.31 Å². The molecular formula is C8H5BrFNO2. The van der Waals surface area contributed by atoms with E-state index in [4.69, 9.17) is 0 Å². The maximum atomic E-state index is 12.6. The standard InChI is InChI=1S/C8H5BrFNO2/c9-8-2-1-7(10)5-6(8)3-4-11(12)13/h1-5H. The summed E-state index contributed by atoms with van der Waals surface area (Å²) >= 11 is 3.14. The smallest absolute Gasteiger partial charge is 0.235 e. The molecular weight excluding hydrogens is 241 g/mol. The minimum absolute atomic E-state index is 0.425. The summed E-state index contributed by atoms with van der Waals surface area (Å²) < 4.78 is 13.3. The molecule has 0 radical (unpaired) electrons. The zero-order valence-electron chi connectivity index (χ0n) is 6.41. The van der Waals surface area contributed by atoms with E-state index in [0.29, 0.717) is 10.0 Å². The molecule has 1 aromatic rings. The molecule has 1 rings (SSSR count). The molecule has 0 fully saturated rings. The zero-order valence-corrected chi connectivity index (χ0v) is 7.99. The number of benzene rings is 1. The molecule has 1 aromatic carbocycles. The van der Waals surface area contributed by atoms with Crippen LogP contribution in [0.1, 0.15) is 5.56 Å². The second-order valence-corrected chi connectivity index (χ2v) is 3.12. The first-order chi connectivity index (χ1) is 6.09. The van der Waals surface area contributed by atoms with E-state index < -0.39 is 10.7 Å². The van der Waals surface area contributed by atoms with Crippen molar-refractivity contribution in [3.63, 3.8) is 0 Å². The van der Waals surface area contributed by atoms with Gasteiger partial charge in [0.15, 0.2) is 0 Å². The summed E-state index contributed by atoms with van der Waals surface area (Å²) in [6.45, 7) is 0. The van der Waals surface area contributed by atoms with Gasteiger partial charge in [0.25, 0.3) is 0 Å². The van der Waals surface area contributed by atoms with E-state index in [1.54, 1.807) is 0 Å². The van der Waals surface area contributed by atoms with E-state index in [-0.39, 0.29) is 0 Å². The molecule has 0 N–H and O–H groups in total. The van der Waals surface area contributed by atoms with Crippen molar-refractivity contribution in [2.45, 2.75) is 0 Å². The van der Waals surface area contributed by atoms with Gasteiger partial charge in [0.1, 0.15) is 5.82 Å². The fourth-order valence-corrected chi connectivity index (χ4v) is 1.16. The van der Waals surface area contributed by atoms with Gasteiger partial charge < -0.3 is 0 Å². The Morgan fingerprint density at radius 2 is 2.23 bits per heavy atom. The average Bonchev–Trinajstić information content (AvgIpc) is 2.06. The van der Waals surface area contributed by atoms with Gasteiger partial charge in [-0.05, 0) is 23.8 Å². The van der Waals surface area contributed by atoms with Gasteiger partial charge in [-0.15, -0.1) is 0 Å². The Morgan fingerprint density at radius 1 is 1.54 bits per heavy atom. The molecule has 0 saturated heterocycles. The van der Waals surface area contributed by atoms with Gasteiger partial charge in [-0.2, -0.15) is 0 Å². The second kappa shape index (κ2) is 4.13. The molecule has 0 aliphatic rings. The van der Waals surface area contributed by atoms with Crippen LogP contribution in [-0.2, 0) is 0 Å². The van der Waals surface area contributed by atoms with Crippen LogP contribution in [0.15, 0.2) is 28.9 Å². The van der Waals surface area contributed by atoms with Crippen molar-refractivity contribution in [1.82, 2.24) is 0 Å². The van der Waals surface area contributed by atoms with Gasteiger partial charge in [0.05, 0.1) is 4.92 Å². The lowest BCUT2D eigenvalue weighted by Gasteiger charge is -1.95. The first-order valence-corrected chi connectivity index (χ1v) is 4.15. The molecule has 0 aliphatic carbocycles. The minimum Gasteiger partial charge on any atom is -0.259 e. The number of nitro groups is 1. The van der Waals surface area contributed by atoms with Crippen molar-refractivity contribution >= 4 is 22.0 Å². The highest BCUT2D eigenvalue weighted by molar-refractivity contribution is 9.10. The summed E-state index contributed by atoms with van der Waals surface area (Å²) in [5.74, 6) is -0.425. The van der Waals surface area contributed by atoms with Crippen LogP contribution >= 0.6 is 15.9 Å². The van der Waals surface area contributed by atoms with Crippen molar-refractivity contribution in [2.75, 3.05) is 0 Å². The predicted molar refractivity (Wildman–Crippen MR) is 50.1 cm³/mol. The zero-order chi connectivity index (χ0) is 9.84. The lowest BCUT2D eigenvalue weighted by Crippen LogP contribution is -1.84. The van der Waals surface area contributed by atoms with Crippen LogP contribution in [0.5, 0.6) is 0 Å². The number of rotatable bonds is 2. The second-order valence-electron chi connectivity index (χ2n) is 2.27. The number of hydrogen-bond acceptors (Lipinski definition) is 2. The Morgan fingerprint density at radius 3 is 2.85 bits per heavy atom. The molecule has 13 heavy (non-hydrogen) atoms. The lowest BCUT2D eigenvalue weighted by atomic mass is 10.2. The summed E-state index contributed by atoms with van der Waals surface area (Å²) in [5, 5.41) is 9.98. The predicted octanol–water partition coefficient (Wildman–Crippen LogP) is 2.84. The quantitative estimate of drug-likeness (QED) is 0.594. The summed E-state index contributed by atoms with van der Waals surface area (Å²) in [4.78, 5) is 9.38. The third kappa shape index (κ3) is 2.95. The van der Waals surface area contributed by atoms with Crippen LogP contribution < -0.4 is 0 Å². The highest BCUT2D eigenvalue weighted by atomic mass is 79.9. The molecule has 3 nitrogen and oxygen atoms in total. The monoisotopic (exact) mass is 245 g/mol. The maximum Gasteiger partial charge on any atom is 0.235 e. The van der Waals surface area contributed by atoms with Gasteiger partial charge >= 0.3 is 0 Å². The molecule has 0 atom stereocenters. The Bertz CT molecular complexity index is 365. The van der Waals surface area contributed by atoms with E-state index in [1.165, 1.54) is 24.3 Å². The molecule has 0 aromatic heterocycles. The van der Waals surface area contributed by atoms with Gasteiger partial charge in [0, 0.05) is 10.5 Å². The average molecular weight is 246 g/mol. The number of halogens is 2. The van der Waals surface area contributed by atoms with Gasteiger partial charge in [-0.3, -0.25) is 10.1 Å². The van der Waals surface area contributed by atoms with Crippen LogP contribution in [-0.4, -0.2) is 4.92 Å². The van der Waals surface area contributed by atoms with E-state index in [1.807, 2.05) is 0 Å². The van der Waals surface area contributed by atoms with Gasteiger partial charge in [0.2, 0.25) is 6.20 Å². The largest absolute Gasteiger partial charge is 0.259 e. The third-order valence-electron chi connectivity index (χ3n) is 1.33. The van der Waals surface area contributed by atoms with Crippen molar-refractivity contribution in [3.8, 4) is 0 Å². The Hall–Kier alpha value is -1.23. The van der Waals surface area contributed by atoms with Crippen LogP contribution in [0.2, 0.25) is 0 Å². The van der Waals surface area contributed by atoms with Crippen molar-refractivity contribution in [2.24, 2.45) is 0 Å². The van der Waals surface area contributed by atoms with Crippen LogP contribution in [0.25, 0.3) is 6.08 Å². The Labute approximate surface area is 82.2 Å². The van der Waals surface area contributed by atoms with Crippen LogP contribution in [0, 0.1) is 15.9 Å². The highest BCUT2D eigenvalue weighted by Gasteiger charge is 1.99. The summed E-state index contributed by atoms with van der Waals surface area (Å²) in [7, 11) is 0. The Kier molecular flexibility index (Phi) is 3.13. The van der Waals surface area contributed by atoms with Crippen molar-refractivity contribution in [1.29, 1.82) is 0 Å². The van der Waals surface area contributed by atoms with E-state index in [9.17, 15) is 14.5 Å². The van der Waals surface area contributed by atoms with Crippen LogP contribution in [0.3, 0.4) is 0 Å².